The first-order chi connectivity index (χ1) is 13.9. The van der Waals surface area contributed by atoms with E-state index in [9.17, 15) is 23.5 Å². The smallest absolute Gasteiger partial charge is 0.295 e. The van der Waals surface area contributed by atoms with Crippen LogP contribution in [-0.4, -0.2) is 53.2 Å². The molecule has 0 bridgehead atoms. The number of benzene rings is 2. The number of nitrogens with zero attached hydrogens (tertiary/aromatic N) is 1. The highest BCUT2D eigenvalue weighted by Crippen LogP contribution is 2.39. The summed E-state index contributed by atoms with van der Waals surface area (Å²) in [5.74, 6) is -3.36. The normalized spacial score (nSPS) is 18.4. The van der Waals surface area contributed by atoms with Crippen molar-refractivity contribution in [3.05, 3.63) is 76.9 Å². The maximum absolute atomic E-state index is 13.8. The second kappa shape index (κ2) is 8.93. The number of rotatable bonds is 7. The molecule has 6 nitrogen and oxygen atoms in total. The highest BCUT2D eigenvalue weighted by Gasteiger charge is 2.45. The lowest BCUT2D eigenvalue weighted by Gasteiger charge is -2.25. The van der Waals surface area contributed by atoms with Gasteiger partial charge in [0.05, 0.1) is 31.4 Å². The summed E-state index contributed by atoms with van der Waals surface area (Å²) in [5, 5.41) is 19.5. The SMILES string of the molecule is O=C1C(=O)N(CCOCCO)C(c2cccc(F)c2)C1=C(O)c1ccc(F)cc1. The highest BCUT2D eigenvalue weighted by atomic mass is 19.1. The predicted molar refractivity (Wildman–Crippen MR) is 99.7 cm³/mol. The minimum atomic E-state index is -1.03. The van der Waals surface area contributed by atoms with Crippen LogP contribution in [0, 0.1) is 11.6 Å². The van der Waals surface area contributed by atoms with Crippen LogP contribution in [0.5, 0.6) is 0 Å². The molecule has 0 saturated carbocycles. The van der Waals surface area contributed by atoms with Crippen LogP contribution >= 0.6 is 0 Å². The Balaban J connectivity index is 2.07. The van der Waals surface area contributed by atoms with Gasteiger partial charge in [0.1, 0.15) is 17.4 Å². The first kappa shape index (κ1) is 20.6. The van der Waals surface area contributed by atoms with E-state index in [2.05, 4.69) is 0 Å². The summed E-state index contributed by atoms with van der Waals surface area (Å²) < 4.78 is 32.2. The van der Waals surface area contributed by atoms with E-state index in [4.69, 9.17) is 9.84 Å². The standard InChI is InChI=1S/C21H19F2NO5/c22-15-6-4-13(5-7-15)19(26)17-18(14-2-1-3-16(23)12-14)24(21(28)20(17)27)8-10-29-11-9-25/h1-7,12,18,25-26H,8-11H2. The number of Topliss-reactive ketones (excluding diaryl/α,β-unsaturated/α-hetero) is 1. The Bertz CT molecular complexity index is 942. The summed E-state index contributed by atoms with van der Waals surface area (Å²) in [6, 6.07) is 9.14. The van der Waals surface area contributed by atoms with Gasteiger partial charge in [-0.2, -0.15) is 0 Å². The van der Waals surface area contributed by atoms with Crippen LogP contribution in [0.15, 0.2) is 54.1 Å². The fraction of sp³-hybridized carbons (Fsp3) is 0.238. The van der Waals surface area contributed by atoms with Crippen molar-refractivity contribution in [1.82, 2.24) is 4.90 Å². The number of ether oxygens (including phenoxy) is 1. The average Bonchev–Trinajstić information content (AvgIpc) is 2.96. The van der Waals surface area contributed by atoms with E-state index >= 15 is 0 Å². The largest absolute Gasteiger partial charge is 0.507 e. The van der Waals surface area contributed by atoms with Gasteiger partial charge >= 0.3 is 0 Å². The van der Waals surface area contributed by atoms with Gasteiger partial charge in [-0.05, 0) is 42.0 Å². The summed E-state index contributed by atoms with van der Waals surface area (Å²) in [4.78, 5) is 26.5. The maximum Gasteiger partial charge on any atom is 0.295 e. The lowest BCUT2D eigenvalue weighted by molar-refractivity contribution is -0.140. The topological polar surface area (TPSA) is 87.1 Å². The molecule has 2 aromatic carbocycles. The van der Waals surface area contributed by atoms with E-state index in [1.807, 2.05) is 0 Å². The Morgan fingerprint density at radius 2 is 1.76 bits per heavy atom. The molecule has 0 aromatic heterocycles. The van der Waals surface area contributed by atoms with Crippen molar-refractivity contribution in [2.75, 3.05) is 26.4 Å². The van der Waals surface area contributed by atoms with E-state index < -0.39 is 35.1 Å². The fourth-order valence-electron chi connectivity index (χ4n) is 3.23. The Morgan fingerprint density at radius 3 is 2.41 bits per heavy atom. The molecule has 1 amide bonds. The van der Waals surface area contributed by atoms with Gasteiger partial charge < -0.3 is 19.8 Å². The van der Waals surface area contributed by atoms with Gasteiger partial charge in [0, 0.05) is 12.1 Å². The number of carbonyl (C=O) groups is 2. The third-order valence-electron chi connectivity index (χ3n) is 4.53. The maximum atomic E-state index is 13.8. The number of ketones is 1. The fourth-order valence-corrected chi connectivity index (χ4v) is 3.23. The first-order valence-electron chi connectivity index (χ1n) is 8.92. The van der Waals surface area contributed by atoms with Crippen LogP contribution in [0.2, 0.25) is 0 Å². The van der Waals surface area contributed by atoms with Crippen LogP contribution in [-0.2, 0) is 14.3 Å². The van der Waals surface area contributed by atoms with Gasteiger partial charge in [0.15, 0.2) is 0 Å². The van der Waals surface area contributed by atoms with Crippen molar-refractivity contribution >= 4 is 17.4 Å². The van der Waals surface area contributed by atoms with Gasteiger partial charge in [-0.3, -0.25) is 9.59 Å². The quantitative estimate of drug-likeness (QED) is 0.321. The second-order valence-corrected chi connectivity index (χ2v) is 6.39. The molecule has 8 heteroatoms. The van der Waals surface area contributed by atoms with E-state index in [0.717, 1.165) is 12.1 Å². The zero-order valence-corrected chi connectivity index (χ0v) is 15.3. The first-order valence-corrected chi connectivity index (χ1v) is 8.92. The molecule has 1 unspecified atom stereocenters. The summed E-state index contributed by atoms with van der Waals surface area (Å²) >= 11 is 0. The molecule has 152 valence electrons. The number of hydrogen-bond donors (Lipinski definition) is 2. The molecule has 1 fully saturated rings. The van der Waals surface area contributed by atoms with Crippen LogP contribution < -0.4 is 0 Å². The number of carbonyl (C=O) groups excluding carboxylic acids is 2. The number of aliphatic hydroxyl groups is 2. The highest BCUT2D eigenvalue weighted by molar-refractivity contribution is 6.46. The molecule has 1 saturated heterocycles. The monoisotopic (exact) mass is 403 g/mol. The van der Waals surface area contributed by atoms with E-state index in [1.165, 1.54) is 35.2 Å². The number of hydrogen-bond acceptors (Lipinski definition) is 5. The molecule has 3 rings (SSSR count). The van der Waals surface area contributed by atoms with Crippen molar-refractivity contribution in [1.29, 1.82) is 0 Å². The number of halogens is 2. The molecule has 1 aliphatic rings. The van der Waals surface area contributed by atoms with Crippen LogP contribution in [0.3, 0.4) is 0 Å². The zero-order chi connectivity index (χ0) is 21.0. The summed E-state index contributed by atoms with van der Waals surface area (Å²) in [5.41, 5.74) is 0.242. The molecule has 0 radical (unpaired) electrons. The van der Waals surface area contributed by atoms with Crippen molar-refractivity contribution in [2.24, 2.45) is 0 Å². The number of likely N-dealkylation sites (tertiary alicyclic amines) is 1. The summed E-state index contributed by atoms with van der Waals surface area (Å²) in [6.45, 7) is -0.108. The number of aliphatic hydroxyl groups excluding tert-OH is 2. The Morgan fingerprint density at radius 1 is 1.03 bits per heavy atom. The van der Waals surface area contributed by atoms with Crippen molar-refractivity contribution in [2.45, 2.75) is 6.04 Å². The molecule has 1 heterocycles. The minimum absolute atomic E-state index is 0.00798. The Hall–Kier alpha value is -3.10. The molecule has 29 heavy (non-hydrogen) atoms. The lowest BCUT2D eigenvalue weighted by Crippen LogP contribution is -2.33. The Labute approximate surface area is 165 Å². The molecular formula is C21H19F2NO5. The molecule has 0 spiro atoms. The zero-order valence-electron chi connectivity index (χ0n) is 15.3. The summed E-state index contributed by atoms with van der Waals surface area (Å²) in [7, 11) is 0. The lowest BCUT2D eigenvalue weighted by atomic mass is 9.95. The molecule has 2 N–H and O–H groups in total. The van der Waals surface area contributed by atoms with E-state index in [1.54, 1.807) is 6.07 Å². The van der Waals surface area contributed by atoms with Crippen molar-refractivity contribution in [3.63, 3.8) is 0 Å². The van der Waals surface area contributed by atoms with E-state index in [0.29, 0.717) is 5.56 Å². The van der Waals surface area contributed by atoms with Crippen LogP contribution in [0.25, 0.3) is 5.76 Å². The molecule has 0 aliphatic carbocycles. The van der Waals surface area contributed by atoms with Crippen LogP contribution in [0.1, 0.15) is 17.2 Å². The van der Waals surface area contributed by atoms with Crippen molar-refractivity contribution < 1.29 is 33.3 Å². The average molecular weight is 403 g/mol. The van der Waals surface area contributed by atoms with Crippen LogP contribution in [0.4, 0.5) is 8.78 Å². The third kappa shape index (κ3) is 4.33. The minimum Gasteiger partial charge on any atom is -0.507 e. The Kier molecular flexibility index (Phi) is 6.36. The summed E-state index contributed by atoms with van der Waals surface area (Å²) in [6.07, 6.45) is 0. The van der Waals surface area contributed by atoms with Gasteiger partial charge in [0.2, 0.25) is 0 Å². The third-order valence-corrected chi connectivity index (χ3v) is 4.53. The molecule has 2 aromatic rings. The van der Waals surface area contributed by atoms with Gasteiger partial charge in [-0.1, -0.05) is 12.1 Å². The van der Waals surface area contributed by atoms with Gasteiger partial charge in [0.25, 0.3) is 11.7 Å². The second-order valence-electron chi connectivity index (χ2n) is 6.39. The molecule has 1 aliphatic heterocycles. The number of amides is 1. The predicted octanol–water partition coefficient (Wildman–Crippen LogP) is 2.40. The van der Waals surface area contributed by atoms with Crippen molar-refractivity contribution in [3.8, 4) is 0 Å². The van der Waals surface area contributed by atoms with E-state index in [-0.39, 0.29) is 37.5 Å². The molecule has 1 atom stereocenters. The van der Waals surface area contributed by atoms with Gasteiger partial charge in [-0.25, -0.2) is 8.78 Å². The molecular weight excluding hydrogens is 384 g/mol. The van der Waals surface area contributed by atoms with Gasteiger partial charge in [-0.15, -0.1) is 0 Å².